The Hall–Kier alpha value is -3.23. The van der Waals surface area contributed by atoms with Crippen molar-refractivity contribution in [2.45, 2.75) is 19.2 Å². The van der Waals surface area contributed by atoms with E-state index in [1.807, 2.05) is 0 Å². The molecule has 0 radical (unpaired) electrons. The summed E-state index contributed by atoms with van der Waals surface area (Å²) in [5, 5.41) is 6.22. The van der Waals surface area contributed by atoms with Crippen LogP contribution in [0.25, 0.3) is 0 Å². The molecule has 2 rings (SSSR count). The summed E-state index contributed by atoms with van der Waals surface area (Å²) in [7, 11) is 2.99. The number of methoxy groups -OCH3 is 2. The van der Waals surface area contributed by atoms with Gasteiger partial charge in [-0.2, -0.15) is 13.2 Å². The number of hydrogen-bond acceptors (Lipinski definition) is 5. The Balaban J connectivity index is 1.97. The summed E-state index contributed by atoms with van der Waals surface area (Å²) in [4.78, 5) is 17.2. The zero-order valence-corrected chi connectivity index (χ0v) is 15.4. The summed E-state index contributed by atoms with van der Waals surface area (Å²) in [5.74, 6) is 0.410. The van der Waals surface area contributed by atoms with Gasteiger partial charge in [-0.05, 0) is 43.3 Å². The van der Waals surface area contributed by atoms with Crippen LogP contribution in [0.3, 0.4) is 0 Å². The molecule has 0 saturated carbocycles. The first-order chi connectivity index (χ1) is 13.3. The quantitative estimate of drug-likeness (QED) is 0.565. The SMILES string of the molecule is COc1cccc(/C=N\O[C@H](C)C(=O)Nc2ccc(C(F)(F)F)cc2)c1OC. The van der Waals surface area contributed by atoms with Crippen molar-refractivity contribution in [2.75, 3.05) is 19.5 Å². The summed E-state index contributed by atoms with van der Waals surface area (Å²) < 4.78 is 48.1. The number of amides is 1. The van der Waals surface area contributed by atoms with Crippen LogP contribution in [0.5, 0.6) is 11.5 Å². The number of nitrogens with zero attached hydrogens (tertiary/aromatic N) is 1. The number of halogens is 3. The summed E-state index contributed by atoms with van der Waals surface area (Å²) in [5.41, 5.74) is -0.00396. The van der Waals surface area contributed by atoms with Crippen molar-refractivity contribution in [3.63, 3.8) is 0 Å². The van der Waals surface area contributed by atoms with Crippen molar-refractivity contribution in [1.82, 2.24) is 0 Å². The lowest BCUT2D eigenvalue weighted by Gasteiger charge is -2.12. The molecule has 1 N–H and O–H groups in total. The highest BCUT2D eigenvalue weighted by molar-refractivity contribution is 5.94. The molecule has 0 aliphatic rings. The Kier molecular flexibility index (Phi) is 6.86. The van der Waals surface area contributed by atoms with Crippen LogP contribution in [-0.4, -0.2) is 32.4 Å². The van der Waals surface area contributed by atoms with Crippen molar-refractivity contribution >= 4 is 17.8 Å². The smallest absolute Gasteiger partial charge is 0.416 e. The van der Waals surface area contributed by atoms with Crippen LogP contribution in [-0.2, 0) is 15.8 Å². The van der Waals surface area contributed by atoms with Crippen LogP contribution in [0.1, 0.15) is 18.1 Å². The molecule has 2 aromatic rings. The third kappa shape index (κ3) is 5.38. The summed E-state index contributed by atoms with van der Waals surface area (Å²) in [6, 6.07) is 9.28. The summed E-state index contributed by atoms with van der Waals surface area (Å²) in [6.45, 7) is 1.46. The molecule has 0 saturated heterocycles. The van der Waals surface area contributed by atoms with Gasteiger partial charge in [0.1, 0.15) is 0 Å². The first-order valence-corrected chi connectivity index (χ1v) is 8.14. The molecule has 1 atom stereocenters. The lowest BCUT2D eigenvalue weighted by atomic mass is 10.2. The number of benzene rings is 2. The predicted octanol–water partition coefficient (Wildman–Crippen LogP) is 4.10. The summed E-state index contributed by atoms with van der Waals surface area (Å²) >= 11 is 0. The first kappa shape index (κ1) is 21.1. The van der Waals surface area contributed by atoms with E-state index in [1.54, 1.807) is 18.2 Å². The van der Waals surface area contributed by atoms with E-state index in [2.05, 4.69) is 10.5 Å². The molecule has 2 aromatic carbocycles. The molecule has 0 fully saturated rings. The highest BCUT2D eigenvalue weighted by Crippen LogP contribution is 2.30. The average Bonchev–Trinajstić information content (AvgIpc) is 2.67. The third-order valence-electron chi connectivity index (χ3n) is 3.69. The number of carbonyl (C=O) groups is 1. The van der Waals surface area contributed by atoms with Crippen molar-refractivity contribution in [3.05, 3.63) is 53.6 Å². The highest BCUT2D eigenvalue weighted by Gasteiger charge is 2.30. The van der Waals surface area contributed by atoms with E-state index >= 15 is 0 Å². The molecule has 150 valence electrons. The first-order valence-electron chi connectivity index (χ1n) is 8.14. The van der Waals surface area contributed by atoms with Gasteiger partial charge < -0.3 is 19.6 Å². The number of oxime groups is 1. The van der Waals surface area contributed by atoms with Gasteiger partial charge in [0.2, 0.25) is 6.10 Å². The van der Waals surface area contributed by atoms with Crippen molar-refractivity contribution in [1.29, 1.82) is 0 Å². The van der Waals surface area contributed by atoms with Crippen LogP contribution in [0, 0.1) is 0 Å². The largest absolute Gasteiger partial charge is 0.493 e. The van der Waals surface area contributed by atoms with Crippen LogP contribution < -0.4 is 14.8 Å². The van der Waals surface area contributed by atoms with Gasteiger partial charge in [-0.3, -0.25) is 4.79 Å². The van der Waals surface area contributed by atoms with Gasteiger partial charge in [0.25, 0.3) is 5.91 Å². The number of hydrogen-bond donors (Lipinski definition) is 1. The molecular formula is C19H19F3N2O4. The van der Waals surface area contributed by atoms with Gasteiger partial charge in [0.05, 0.1) is 26.0 Å². The molecular weight excluding hydrogens is 377 g/mol. The van der Waals surface area contributed by atoms with Gasteiger partial charge in [-0.25, -0.2) is 0 Å². The number of ether oxygens (including phenoxy) is 2. The van der Waals surface area contributed by atoms with Crippen molar-refractivity contribution < 1.29 is 32.3 Å². The van der Waals surface area contributed by atoms with Gasteiger partial charge in [-0.15, -0.1) is 0 Å². The Bertz CT molecular complexity index is 836. The van der Waals surface area contributed by atoms with Crippen molar-refractivity contribution in [2.24, 2.45) is 5.16 Å². The maximum Gasteiger partial charge on any atom is 0.416 e. The maximum atomic E-state index is 12.6. The van der Waals surface area contributed by atoms with Gasteiger partial charge in [0, 0.05) is 11.3 Å². The Morgan fingerprint density at radius 2 is 1.79 bits per heavy atom. The van der Waals surface area contributed by atoms with Gasteiger partial charge in [0.15, 0.2) is 11.5 Å². The van der Waals surface area contributed by atoms with Gasteiger partial charge >= 0.3 is 6.18 Å². The lowest BCUT2D eigenvalue weighted by molar-refractivity contribution is -0.137. The van der Waals surface area contributed by atoms with Crippen LogP contribution in [0.2, 0.25) is 0 Å². The minimum atomic E-state index is -4.44. The summed E-state index contributed by atoms with van der Waals surface area (Å²) in [6.07, 6.45) is -4.05. The maximum absolute atomic E-state index is 12.6. The standard InChI is InChI=1S/C19H19F3N2O4/c1-12(18(25)24-15-9-7-14(8-10-15)19(20,21)22)28-23-11-13-5-4-6-16(26-2)17(13)27-3/h4-12H,1-3H3,(H,24,25)/b23-11-/t12-/m1/s1. The fourth-order valence-corrected chi connectivity index (χ4v) is 2.23. The normalized spacial score (nSPS) is 12.5. The van der Waals surface area contributed by atoms with E-state index in [1.165, 1.54) is 27.4 Å². The number of rotatable bonds is 7. The van der Waals surface area contributed by atoms with Crippen LogP contribution in [0.4, 0.5) is 18.9 Å². The van der Waals surface area contributed by atoms with Crippen molar-refractivity contribution in [3.8, 4) is 11.5 Å². The molecule has 1 amide bonds. The Labute approximate surface area is 159 Å². The number of para-hydroxylation sites is 1. The average molecular weight is 396 g/mol. The molecule has 0 heterocycles. The van der Waals surface area contributed by atoms with E-state index in [4.69, 9.17) is 14.3 Å². The van der Waals surface area contributed by atoms with Crippen LogP contribution in [0.15, 0.2) is 47.6 Å². The minimum absolute atomic E-state index is 0.215. The number of carbonyl (C=O) groups excluding carboxylic acids is 1. The molecule has 0 unspecified atom stereocenters. The molecule has 0 aromatic heterocycles. The number of nitrogens with one attached hydrogen (secondary N) is 1. The predicted molar refractivity (Wildman–Crippen MR) is 97.8 cm³/mol. The lowest BCUT2D eigenvalue weighted by Crippen LogP contribution is -2.26. The number of alkyl halides is 3. The molecule has 28 heavy (non-hydrogen) atoms. The molecule has 0 aliphatic carbocycles. The molecule has 0 aliphatic heterocycles. The Morgan fingerprint density at radius 3 is 2.36 bits per heavy atom. The third-order valence-corrected chi connectivity index (χ3v) is 3.69. The minimum Gasteiger partial charge on any atom is -0.493 e. The fourth-order valence-electron chi connectivity index (χ4n) is 2.23. The zero-order chi connectivity index (χ0) is 20.7. The monoisotopic (exact) mass is 396 g/mol. The molecule has 9 heteroatoms. The van der Waals surface area contributed by atoms with E-state index in [-0.39, 0.29) is 5.69 Å². The van der Waals surface area contributed by atoms with E-state index in [0.29, 0.717) is 17.1 Å². The van der Waals surface area contributed by atoms with E-state index in [9.17, 15) is 18.0 Å². The second-order valence-corrected chi connectivity index (χ2v) is 5.63. The topological polar surface area (TPSA) is 69.2 Å². The van der Waals surface area contributed by atoms with Crippen LogP contribution >= 0.6 is 0 Å². The molecule has 6 nitrogen and oxygen atoms in total. The zero-order valence-electron chi connectivity index (χ0n) is 15.4. The van der Waals surface area contributed by atoms with Gasteiger partial charge in [-0.1, -0.05) is 11.2 Å². The second-order valence-electron chi connectivity index (χ2n) is 5.63. The molecule has 0 bridgehead atoms. The number of anilines is 1. The molecule has 0 spiro atoms. The van der Waals surface area contributed by atoms with E-state index in [0.717, 1.165) is 24.3 Å². The highest BCUT2D eigenvalue weighted by atomic mass is 19.4. The fraction of sp³-hybridized carbons (Fsp3) is 0.263. The second kappa shape index (κ2) is 9.12. The Morgan fingerprint density at radius 1 is 1.11 bits per heavy atom. The van der Waals surface area contributed by atoms with E-state index < -0.39 is 23.8 Å².